The first-order valence-electron chi connectivity index (χ1n) is 5.81. The number of aliphatic hydroxyl groups is 1. The van der Waals surface area contributed by atoms with Crippen molar-refractivity contribution in [2.24, 2.45) is 0 Å². The molecule has 19 heavy (non-hydrogen) atoms. The van der Waals surface area contributed by atoms with Gasteiger partial charge < -0.3 is 15.7 Å². The normalized spacial score (nSPS) is 12.6. The summed E-state index contributed by atoms with van der Waals surface area (Å²) in [5.41, 5.74) is 6.59. The van der Waals surface area contributed by atoms with Crippen LogP contribution in [0.15, 0.2) is 22.7 Å². The van der Waals surface area contributed by atoms with Gasteiger partial charge >= 0.3 is 0 Å². The number of fused-ring (bicyclic) bond motifs is 1. The molecule has 1 unspecified atom stereocenters. The van der Waals surface area contributed by atoms with Crippen molar-refractivity contribution in [3.8, 4) is 0 Å². The van der Waals surface area contributed by atoms with E-state index in [0.29, 0.717) is 10.6 Å². The molecule has 6 heteroatoms. The van der Waals surface area contributed by atoms with Crippen molar-refractivity contribution in [3.05, 3.63) is 27.5 Å². The molecule has 1 heterocycles. The Balaban J connectivity index is 2.49. The zero-order chi connectivity index (χ0) is 14.2. The Morgan fingerprint density at radius 1 is 1.58 bits per heavy atom. The van der Waals surface area contributed by atoms with E-state index in [1.54, 1.807) is 14.0 Å². The maximum Gasteiger partial charge on any atom is 0.266 e. The van der Waals surface area contributed by atoms with E-state index in [-0.39, 0.29) is 18.6 Å². The number of nitrogen functional groups attached to an aromatic ring is 1. The third-order valence-electron chi connectivity index (χ3n) is 3.14. The molecule has 2 aromatic rings. The zero-order valence-electron chi connectivity index (χ0n) is 10.7. The highest BCUT2D eigenvalue weighted by atomic mass is 79.9. The number of carbonyl (C=O) groups is 1. The Kier molecular flexibility index (Phi) is 4.13. The molecule has 1 aromatic heterocycles. The highest BCUT2D eigenvalue weighted by molar-refractivity contribution is 9.10. The van der Waals surface area contributed by atoms with Gasteiger partial charge in [0.25, 0.3) is 5.91 Å². The summed E-state index contributed by atoms with van der Waals surface area (Å²) in [5, 5.41) is 10.0. The van der Waals surface area contributed by atoms with Gasteiger partial charge in [0.2, 0.25) is 0 Å². The van der Waals surface area contributed by atoms with Crippen LogP contribution < -0.4 is 5.73 Å². The van der Waals surface area contributed by atoms with E-state index in [1.807, 2.05) is 18.2 Å². The molecule has 0 fully saturated rings. The van der Waals surface area contributed by atoms with E-state index in [2.05, 4.69) is 15.9 Å². The minimum absolute atomic E-state index is 0.0727. The Labute approximate surface area is 124 Å². The lowest BCUT2D eigenvalue weighted by molar-refractivity contribution is 0.0688. The number of aliphatic hydroxyl groups excluding tert-OH is 1. The predicted molar refractivity (Wildman–Crippen MR) is 82.6 cm³/mol. The number of anilines is 1. The molecule has 0 spiro atoms. The monoisotopic (exact) mass is 342 g/mol. The third kappa shape index (κ3) is 2.48. The quantitative estimate of drug-likeness (QED) is 0.901. The molecule has 0 aliphatic heterocycles. The van der Waals surface area contributed by atoms with Crippen LogP contribution >= 0.6 is 27.3 Å². The number of hydrogen-bond donors (Lipinski definition) is 2. The molecule has 3 N–H and O–H groups in total. The molecule has 2 rings (SSSR count). The Morgan fingerprint density at radius 3 is 2.84 bits per heavy atom. The number of likely N-dealkylation sites (N-methyl/N-ethyl adjacent to an activating group) is 1. The average molecular weight is 343 g/mol. The summed E-state index contributed by atoms with van der Waals surface area (Å²) >= 11 is 4.83. The average Bonchev–Trinajstić information content (AvgIpc) is 2.74. The second-order valence-electron chi connectivity index (χ2n) is 4.41. The topological polar surface area (TPSA) is 66.6 Å². The van der Waals surface area contributed by atoms with Gasteiger partial charge in [0.05, 0.1) is 18.3 Å². The fourth-order valence-corrected chi connectivity index (χ4v) is 3.61. The number of nitrogens with zero attached hydrogens (tertiary/aromatic N) is 1. The fourth-order valence-electron chi connectivity index (χ4n) is 1.77. The summed E-state index contributed by atoms with van der Waals surface area (Å²) in [7, 11) is 1.67. The van der Waals surface area contributed by atoms with E-state index in [4.69, 9.17) is 10.8 Å². The number of thiophene rings is 1. The van der Waals surface area contributed by atoms with Crippen LogP contribution in [0.1, 0.15) is 16.6 Å². The number of nitrogens with two attached hydrogens (primary N) is 1. The van der Waals surface area contributed by atoms with Gasteiger partial charge in [-0.05, 0) is 19.1 Å². The van der Waals surface area contributed by atoms with Crippen molar-refractivity contribution in [1.82, 2.24) is 4.90 Å². The van der Waals surface area contributed by atoms with Crippen LogP contribution in [-0.2, 0) is 0 Å². The van der Waals surface area contributed by atoms with Gasteiger partial charge in [-0.25, -0.2) is 0 Å². The first-order valence-corrected chi connectivity index (χ1v) is 7.42. The minimum atomic E-state index is -0.236. The number of carbonyl (C=O) groups excluding carboxylic acids is 1. The van der Waals surface area contributed by atoms with Crippen LogP contribution in [-0.4, -0.2) is 35.6 Å². The van der Waals surface area contributed by atoms with Crippen molar-refractivity contribution < 1.29 is 9.90 Å². The highest BCUT2D eigenvalue weighted by Crippen LogP contribution is 2.38. The maximum absolute atomic E-state index is 12.4. The molecule has 1 amide bonds. The molecular formula is C13H15BrN2O2S. The highest BCUT2D eigenvalue weighted by Gasteiger charge is 2.23. The first-order chi connectivity index (χ1) is 8.97. The number of rotatable bonds is 3. The molecule has 0 saturated heterocycles. The van der Waals surface area contributed by atoms with Gasteiger partial charge in [-0.3, -0.25) is 4.79 Å². The molecule has 0 radical (unpaired) electrons. The van der Waals surface area contributed by atoms with Crippen LogP contribution in [0.4, 0.5) is 5.69 Å². The fraction of sp³-hybridized carbons (Fsp3) is 0.308. The van der Waals surface area contributed by atoms with Gasteiger partial charge in [0, 0.05) is 21.6 Å². The first kappa shape index (κ1) is 14.3. The largest absolute Gasteiger partial charge is 0.397 e. The summed E-state index contributed by atoms with van der Waals surface area (Å²) in [6.07, 6.45) is 0. The summed E-state index contributed by atoms with van der Waals surface area (Å²) in [4.78, 5) is 14.4. The van der Waals surface area contributed by atoms with Crippen molar-refractivity contribution in [3.63, 3.8) is 0 Å². The number of benzene rings is 1. The van der Waals surface area contributed by atoms with Gasteiger partial charge in [0.15, 0.2) is 0 Å². The molecule has 4 nitrogen and oxygen atoms in total. The molecule has 0 bridgehead atoms. The van der Waals surface area contributed by atoms with Crippen molar-refractivity contribution >= 4 is 48.9 Å². The van der Waals surface area contributed by atoms with Crippen LogP contribution in [0.5, 0.6) is 0 Å². The standard InChI is InChI=1S/C13H15BrN2O2S/c1-7(6-17)16(2)13(18)12-11(15)10-8(14)4-3-5-9(10)19-12/h3-5,7,17H,6,15H2,1-2H3. The zero-order valence-corrected chi connectivity index (χ0v) is 13.1. The maximum atomic E-state index is 12.4. The van der Waals surface area contributed by atoms with Gasteiger partial charge in [0.1, 0.15) is 4.88 Å². The Bertz CT molecular complexity index is 626. The lowest BCUT2D eigenvalue weighted by Gasteiger charge is -2.22. The number of halogens is 1. The lowest BCUT2D eigenvalue weighted by atomic mass is 10.2. The van der Waals surface area contributed by atoms with Crippen molar-refractivity contribution in [2.75, 3.05) is 19.4 Å². The van der Waals surface area contributed by atoms with E-state index in [1.165, 1.54) is 16.2 Å². The number of amides is 1. The SMILES string of the molecule is CC(CO)N(C)C(=O)c1sc2cccc(Br)c2c1N. The summed E-state index contributed by atoms with van der Waals surface area (Å²) in [6.45, 7) is 1.72. The van der Waals surface area contributed by atoms with Gasteiger partial charge in [-0.15, -0.1) is 11.3 Å². The van der Waals surface area contributed by atoms with E-state index in [9.17, 15) is 4.79 Å². The minimum Gasteiger partial charge on any atom is -0.397 e. The molecule has 0 saturated carbocycles. The molecule has 102 valence electrons. The molecular weight excluding hydrogens is 328 g/mol. The van der Waals surface area contributed by atoms with E-state index in [0.717, 1.165) is 14.6 Å². The lowest BCUT2D eigenvalue weighted by Crippen LogP contribution is -2.37. The Hall–Kier alpha value is -1.11. The second kappa shape index (κ2) is 5.48. The molecule has 0 aliphatic carbocycles. The van der Waals surface area contributed by atoms with Gasteiger partial charge in [-0.1, -0.05) is 22.0 Å². The molecule has 0 aliphatic rings. The van der Waals surface area contributed by atoms with Crippen LogP contribution in [0.3, 0.4) is 0 Å². The third-order valence-corrected chi connectivity index (χ3v) is 4.96. The number of hydrogen-bond acceptors (Lipinski definition) is 4. The molecule has 1 aromatic carbocycles. The van der Waals surface area contributed by atoms with Crippen molar-refractivity contribution in [1.29, 1.82) is 0 Å². The van der Waals surface area contributed by atoms with Crippen LogP contribution in [0.2, 0.25) is 0 Å². The smallest absolute Gasteiger partial charge is 0.266 e. The van der Waals surface area contributed by atoms with Crippen molar-refractivity contribution in [2.45, 2.75) is 13.0 Å². The van der Waals surface area contributed by atoms with Gasteiger partial charge in [-0.2, -0.15) is 0 Å². The van der Waals surface area contributed by atoms with E-state index >= 15 is 0 Å². The summed E-state index contributed by atoms with van der Waals surface area (Å²) < 4.78 is 1.86. The van der Waals surface area contributed by atoms with Crippen LogP contribution in [0.25, 0.3) is 10.1 Å². The second-order valence-corrected chi connectivity index (χ2v) is 6.31. The Morgan fingerprint density at radius 2 is 2.26 bits per heavy atom. The van der Waals surface area contributed by atoms with E-state index < -0.39 is 0 Å². The molecule has 1 atom stereocenters. The van der Waals surface area contributed by atoms with Crippen LogP contribution in [0, 0.1) is 0 Å². The summed E-state index contributed by atoms with van der Waals surface area (Å²) in [5.74, 6) is -0.160. The predicted octanol–water partition coefficient (Wildman–Crippen LogP) is 2.70. The summed E-state index contributed by atoms with van der Waals surface area (Å²) in [6, 6.07) is 5.52.